The molecule has 4 rings (SSSR count). The van der Waals surface area contributed by atoms with Crippen LogP contribution in [0.15, 0.2) is 78.9 Å². The molecule has 0 atom stereocenters. The van der Waals surface area contributed by atoms with Crippen molar-refractivity contribution in [3.63, 3.8) is 0 Å². The summed E-state index contributed by atoms with van der Waals surface area (Å²) in [6.45, 7) is 2.13. The number of hydrogen-bond acceptors (Lipinski definition) is 0. The molecule has 0 aliphatic carbocycles. The normalized spacial score (nSPS) is 11.5. The Hall–Kier alpha value is -2.86. The minimum absolute atomic E-state index is 1.23. The molecule has 0 fully saturated rings. The van der Waals surface area contributed by atoms with Crippen LogP contribution in [0.3, 0.4) is 0 Å². The van der Waals surface area contributed by atoms with E-state index in [1.165, 1.54) is 38.2 Å². The standard InChI is InChI=1S/C23H18/c1-17-9-12-22-16-18(11-14-21(22)15-17)10-13-20-7-4-6-19-5-2-3-8-23(19)20/h2-16H,1H3/b13-10+. The minimum atomic E-state index is 1.23. The van der Waals surface area contributed by atoms with Crippen molar-refractivity contribution in [3.05, 3.63) is 95.6 Å². The molecular weight excluding hydrogens is 276 g/mol. The summed E-state index contributed by atoms with van der Waals surface area (Å²) in [5, 5.41) is 5.16. The molecule has 0 saturated carbocycles. The van der Waals surface area contributed by atoms with Gasteiger partial charge in [-0.3, -0.25) is 0 Å². The minimum Gasteiger partial charge on any atom is -0.0616 e. The Morgan fingerprint density at radius 2 is 1.39 bits per heavy atom. The second-order valence-electron chi connectivity index (χ2n) is 6.01. The van der Waals surface area contributed by atoms with Crippen molar-refractivity contribution in [1.29, 1.82) is 0 Å². The SMILES string of the molecule is Cc1ccc2cc(/C=C/c3cccc4ccccc34)ccc2c1. The van der Waals surface area contributed by atoms with Gasteiger partial charge in [0.25, 0.3) is 0 Å². The first-order valence-corrected chi connectivity index (χ1v) is 7.96. The molecule has 0 aromatic heterocycles. The van der Waals surface area contributed by atoms with E-state index in [9.17, 15) is 0 Å². The van der Waals surface area contributed by atoms with Crippen LogP contribution in [0.4, 0.5) is 0 Å². The molecule has 0 unspecified atom stereocenters. The maximum atomic E-state index is 2.25. The van der Waals surface area contributed by atoms with Gasteiger partial charge in [0.15, 0.2) is 0 Å². The van der Waals surface area contributed by atoms with Crippen molar-refractivity contribution < 1.29 is 0 Å². The lowest BCUT2D eigenvalue weighted by Crippen LogP contribution is -1.79. The third-order valence-corrected chi connectivity index (χ3v) is 4.30. The van der Waals surface area contributed by atoms with Gasteiger partial charge in [-0.1, -0.05) is 90.5 Å². The summed E-state index contributed by atoms with van der Waals surface area (Å²) in [6.07, 6.45) is 4.40. The van der Waals surface area contributed by atoms with Crippen LogP contribution in [0, 0.1) is 6.92 Å². The zero-order chi connectivity index (χ0) is 15.6. The number of fused-ring (bicyclic) bond motifs is 2. The van der Waals surface area contributed by atoms with Gasteiger partial charge in [0.2, 0.25) is 0 Å². The molecule has 0 N–H and O–H groups in total. The Labute approximate surface area is 136 Å². The molecule has 110 valence electrons. The van der Waals surface area contributed by atoms with Crippen molar-refractivity contribution >= 4 is 33.7 Å². The fraction of sp³-hybridized carbons (Fsp3) is 0.0435. The summed E-state index contributed by atoms with van der Waals surface area (Å²) < 4.78 is 0. The Balaban J connectivity index is 1.74. The molecule has 0 spiro atoms. The topological polar surface area (TPSA) is 0 Å². The van der Waals surface area contributed by atoms with Gasteiger partial charge in [0, 0.05) is 0 Å². The van der Waals surface area contributed by atoms with Crippen LogP contribution < -0.4 is 0 Å². The highest BCUT2D eigenvalue weighted by molar-refractivity contribution is 5.93. The molecule has 4 aromatic carbocycles. The molecule has 0 aliphatic heterocycles. The molecule has 0 amide bonds. The zero-order valence-electron chi connectivity index (χ0n) is 13.2. The van der Waals surface area contributed by atoms with Crippen LogP contribution in [-0.2, 0) is 0 Å². The van der Waals surface area contributed by atoms with Crippen molar-refractivity contribution in [3.8, 4) is 0 Å². The molecule has 0 heteroatoms. The summed E-state index contributed by atoms with van der Waals surface area (Å²) in [6, 6.07) is 28.2. The van der Waals surface area contributed by atoms with E-state index in [2.05, 4.69) is 97.9 Å². The number of aryl methyl sites for hydroxylation is 1. The summed E-state index contributed by atoms with van der Waals surface area (Å²) >= 11 is 0. The van der Waals surface area contributed by atoms with Gasteiger partial charge in [-0.15, -0.1) is 0 Å². The summed E-state index contributed by atoms with van der Waals surface area (Å²) in [7, 11) is 0. The Kier molecular flexibility index (Phi) is 3.44. The Bertz CT molecular complexity index is 1020. The van der Waals surface area contributed by atoms with Crippen molar-refractivity contribution in [2.75, 3.05) is 0 Å². The average molecular weight is 294 g/mol. The average Bonchev–Trinajstić information content (AvgIpc) is 2.60. The monoisotopic (exact) mass is 294 g/mol. The van der Waals surface area contributed by atoms with Gasteiger partial charge >= 0.3 is 0 Å². The van der Waals surface area contributed by atoms with Crippen LogP contribution in [0.2, 0.25) is 0 Å². The Morgan fingerprint density at radius 1 is 0.609 bits per heavy atom. The van der Waals surface area contributed by atoms with E-state index in [0.29, 0.717) is 0 Å². The third-order valence-electron chi connectivity index (χ3n) is 4.30. The summed E-state index contributed by atoms with van der Waals surface area (Å²) in [5.41, 5.74) is 3.79. The molecule has 0 aliphatic rings. The van der Waals surface area contributed by atoms with E-state index in [1.807, 2.05) is 0 Å². The van der Waals surface area contributed by atoms with E-state index in [-0.39, 0.29) is 0 Å². The van der Waals surface area contributed by atoms with Crippen molar-refractivity contribution in [1.82, 2.24) is 0 Å². The first-order chi connectivity index (χ1) is 11.3. The molecular formula is C23H18. The third kappa shape index (κ3) is 2.76. The second kappa shape index (κ2) is 5.73. The maximum Gasteiger partial charge on any atom is -0.0111 e. The fourth-order valence-electron chi connectivity index (χ4n) is 3.07. The van der Waals surface area contributed by atoms with E-state index in [0.717, 1.165) is 0 Å². The summed E-state index contributed by atoms with van der Waals surface area (Å²) in [5.74, 6) is 0. The zero-order valence-corrected chi connectivity index (χ0v) is 13.2. The quantitative estimate of drug-likeness (QED) is 0.371. The van der Waals surface area contributed by atoms with Crippen LogP contribution in [-0.4, -0.2) is 0 Å². The molecule has 0 nitrogen and oxygen atoms in total. The predicted octanol–water partition coefficient (Wildman–Crippen LogP) is 6.47. The van der Waals surface area contributed by atoms with Gasteiger partial charge in [0.05, 0.1) is 0 Å². The van der Waals surface area contributed by atoms with Gasteiger partial charge in [-0.2, -0.15) is 0 Å². The second-order valence-corrected chi connectivity index (χ2v) is 6.01. The molecule has 0 saturated heterocycles. The predicted molar refractivity (Wildman–Crippen MR) is 102 cm³/mol. The molecule has 0 radical (unpaired) electrons. The first kappa shape index (κ1) is 13.8. The van der Waals surface area contributed by atoms with Gasteiger partial charge < -0.3 is 0 Å². The number of hydrogen-bond donors (Lipinski definition) is 0. The lowest BCUT2D eigenvalue weighted by molar-refractivity contribution is 1.50. The highest BCUT2D eigenvalue weighted by Crippen LogP contribution is 2.22. The van der Waals surface area contributed by atoms with Gasteiger partial charge in [-0.25, -0.2) is 0 Å². The van der Waals surface area contributed by atoms with E-state index >= 15 is 0 Å². The van der Waals surface area contributed by atoms with Gasteiger partial charge in [0.1, 0.15) is 0 Å². The van der Waals surface area contributed by atoms with Crippen LogP contribution in [0.5, 0.6) is 0 Å². The van der Waals surface area contributed by atoms with Crippen LogP contribution >= 0.6 is 0 Å². The largest absolute Gasteiger partial charge is 0.0616 e. The lowest BCUT2D eigenvalue weighted by Gasteiger charge is -2.03. The first-order valence-electron chi connectivity index (χ1n) is 7.96. The smallest absolute Gasteiger partial charge is 0.0111 e. The van der Waals surface area contributed by atoms with Crippen LogP contribution in [0.1, 0.15) is 16.7 Å². The van der Waals surface area contributed by atoms with Gasteiger partial charge in [-0.05, 0) is 45.7 Å². The maximum absolute atomic E-state index is 2.25. The lowest BCUT2D eigenvalue weighted by atomic mass is 10.0. The summed E-state index contributed by atoms with van der Waals surface area (Å²) in [4.78, 5) is 0. The number of rotatable bonds is 2. The van der Waals surface area contributed by atoms with E-state index in [4.69, 9.17) is 0 Å². The fourth-order valence-corrected chi connectivity index (χ4v) is 3.07. The van der Waals surface area contributed by atoms with Crippen molar-refractivity contribution in [2.24, 2.45) is 0 Å². The Morgan fingerprint density at radius 3 is 2.35 bits per heavy atom. The highest BCUT2D eigenvalue weighted by atomic mass is 14.0. The molecule has 4 aromatic rings. The van der Waals surface area contributed by atoms with Crippen molar-refractivity contribution in [2.45, 2.75) is 6.92 Å². The molecule has 0 heterocycles. The molecule has 23 heavy (non-hydrogen) atoms. The van der Waals surface area contributed by atoms with Crippen LogP contribution in [0.25, 0.3) is 33.7 Å². The van der Waals surface area contributed by atoms with E-state index in [1.54, 1.807) is 0 Å². The number of benzene rings is 4. The molecule has 0 bridgehead atoms. The highest BCUT2D eigenvalue weighted by Gasteiger charge is 1.98. The van der Waals surface area contributed by atoms with E-state index < -0.39 is 0 Å².